The number of carbonyl (C=O) groups excluding carboxylic acids is 1. The average molecular weight is 319 g/mol. The van der Waals surface area contributed by atoms with Crippen LogP contribution in [0.2, 0.25) is 0 Å². The number of hydrogen-bond donors (Lipinski definition) is 1. The predicted molar refractivity (Wildman–Crippen MR) is 92.8 cm³/mol. The number of likely N-dealkylation sites (tertiary alicyclic amines) is 1. The Balaban J connectivity index is 2.06. The largest absolute Gasteiger partial charge is 0.491 e. The fourth-order valence-electron chi connectivity index (χ4n) is 2.90. The van der Waals surface area contributed by atoms with Crippen molar-refractivity contribution < 1.29 is 9.53 Å². The number of piperidine rings is 1. The van der Waals surface area contributed by atoms with Gasteiger partial charge in [-0.3, -0.25) is 4.79 Å². The third-order valence-corrected chi connectivity index (χ3v) is 4.40. The molecule has 5 nitrogen and oxygen atoms in total. The molecule has 1 heterocycles. The average Bonchev–Trinajstić information content (AvgIpc) is 2.54. The maximum absolute atomic E-state index is 12.9. The summed E-state index contributed by atoms with van der Waals surface area (Å²) in [5.41, 5.74) is 6.67. The number of amides is 1. The second-order valence-electron chi connectivity index (χ2n) is 6.66. The van der Waals surface area contributed by atoms with Crippen LogP contribution in [0.3, 0.4) is 0 Å². The Bertz CT molecular complexity index is 517. The minimum absolute atomic E-state index is 0.0517. The Morgan fingerprint density at radius 3 is 2.87 bits per heavy atom. The second-order valence-corrected chi connectivity index (χ2v) is 6.66. The van der Waals surface area contributed by atoms with Crippen LogP contribution in [0.15, 0.2) is 24.3 Å². The third-order valence-electron chi connectivity index (χ3n) is 4.40. The van der Waals surface area contributed by atoms with Crippen molar-refractivity contribution >= 4 is 5.91 Å². The summed E-state index contributed by atoms with van der Waals surface area (Å²) in [7, 11) is 4.00. The van der Waals surface area contributed by atoms with Gasteiger partial charge in [0.1, 0.15) is 12.4 Å². The summed E-state index contributed by atoms with van der Waals surface area (Å²) in [6.45, 7) is 4.95. The van der Waals surface area contributed by atoms with Gasteiger partial charge < -0.3 is 20.3 Å². The lowest BCUT2D eigenvalue weighted by molar-refractivity contribution is 0.0656. The van der Waals surface area contributed by atoms with Gasteiger partial charge in [0.2, 0.25) is 0 Å². The summed E-state index contributed by atoms with van der Waals surface area (Å²) < 4.78 is 5.82. The molecule has 1 amide bonds. The molecule has 0 saturated carbocycles. The first kappa shape index (κ1) is 17.8. The van der Waals surface area contributed by atoms with Crippen LogP contribution in [0.4, 0.5) is 0 Å². The molecule has 5 heteroatoms. The maximum atomic E-state index is 12.9. The van der Waals surface area contributed by atoms with Gasteiger partial charge in [-0.2, -0.15) is 0 Å². The molecular weight excluding hydrogens is 290 g/mol. The zero-order valence-electron chi connectivity index (χ0n) is 14.5. The Hall–Kier alpha value is -1.59. The quantitative estimate of drug-likeness (QED) is 0.869. The molecule has 1 aliphatic rings. The Morgan fingerprint density at radius 1 is 1.43 bits per heavy atom. The number of para-hydroxylation sites is 1. The van der Waals surface area contributed by atoms with Crippen LogP contribution in [0.5, 0.6) is 5.75 Å². The maximum Gasteiger partial charge on any atom is 0.257 e. The summed E-state index contributed by atoms with van der Waals surface area (Å²) in [5, 5.41) is 0. The number of rotatable bonds is 6. The minimum Gasteiger partial charge on any atom is -0.491 e. The van der Waals surface area contributed by atoms with E-state index in [1.165, 1.54) is 0 Å². The molecule has 0 spiro atoms. The van der Waals surface area contributed by atoms with E-state index in [1.54, 1.807) is 0 Å². The molecule has 0 aliphatic carbocycles. The Kier molecular flexibility index (Phi) is 6.42. The summed E-state index contributed by atoms with van der Waals surface area (Å²) in [5.74, 6) is 1.10. The molecule has 1 aromatic carbocycles. The minimum atomic E-state index is 0.0517. The van der Waals surface area contributed by atoms with Gasteiger partial charge in [-0.05, 0) is 51.9 Å². The van der Waals surface area contributed by atoms with Gasteiger partial charge in [0.15, 0.2) is 0 Å². The van der Waals surface area contributed by atoms with Crippen molar-refractivity contribution in [3.63, 3.8) is 0 Å². The standard InChI is InChI=1S/C18H29N3O2/c1-14(19)15-7-6-10-21(13-15)18(22)16-8-4-5-9-17(16)23-12-11-20(2)3/h4-5,8-9,14-15H,6-7,10-13,19H2,1-3H3/t14-,15-/m1/s1. The van der Waals surface area contributed by atoms with E-state index >= 15 is 0 Å². The van der Waals surface area contributed by atoms with Crippen molar-refractivity contribution in [2.45, 2.75) is 25.8 Å². The smallest absolute Gasteiger partial charge is 0.257 e. The molecule has 1 aliphatic heterocycles. The summed E-state index contributed by atoms with van der Waals surface area (Å²) in [4.78, 5) is 16.9. The highest BCUT2D eigenvalue weighted by atomic mass is 16.5. The van der Waals surface area contributed by atoms with Gasteiger partial charge in [-0.25, -0.2) is 0 Å². The van der Waals surface area contributed by atoms with E-state index in [2.05, 4.69) is 4.90 Å². The van der Waals surface area contributed by atoms with Crippen LogP contribution < -0.4 is 10.5 Å². The highest BCUT2D eigenvalue weighted by molar-refractivity contribution is 5.97. The van der Waals surface area contributed by atoms with Crippen LogP contribution in [0, 0.1) is 5.92 Å². The molecule has 2 N–H and O–H groups in total. The Labute approximate surface area is 139 Å². The molecule has 0 unspecified atom stereocenters. The molecular formula is C18H29N3O2. The number of ether oxygens (including phenoxy) is 1. The van der Waals surface area contributed by atoms with Crippen molar-refractivity contribution in [2.75, 3.05) is 40.3 Å². The zero-order valence-corrected chi connectivity index (χ0v) is 14.5. The van der Waals surface area contributed by atoms with Gasteiger partial charge in [-0.1, -0.05) is 12.1 Å². The molecule has 2 atom stereocenters. The van der Waals surface area contributed by atoms with E-state index < -0.39 is 0 Å². The highest BCUT2D eigenvalue weighted by Crippen LogP contribution is 2.24. The lowest BCUT2D eigenvalue weighted by Crippen LogP contribution is -2.45. The van der Waals surface area contributed by atoms with Crippen LogP contribution in [-0.4, -0.2) is 62.1 Å². The third kappa shape index (κ3) is 4.94. The van der Waals surface area contributed by atoms with Crippen LogP contribution in [-0.2, 0) is 0 Å². The molecule has 1 aromatic rings. The lowest BCUT2D eigenvalue weighted by atomic mass is 9.92. The van der Waals surface area contributed by atoms with E-state index in [-0.39, 0.29) is 11.9 Å². The molecule has 0 radical (unpaired) electrons. The van der Waals surface area contributed by atoms with E-state index in [0.29, 0.717) is 23.8 Å². The Morgan fingerprint density at radius 2 is 2.17 bits per heavy atom. The zero-order chi connectivity index (χ0) is 16.8. The van der Waals surface area contributed by atoms with Crippen molar-refractivity contribution in [1.29, 1.82) is 0 Å². The summed E-state index contributed by atoms with van der Waals surface area (Å²) in [6, 6.07) is 7.64. The van der Waals surface area contributed by atoms with E-state index in [4.69, 9.17) is 10.5 Å². The number of nitrogens with zero attached hydrogens (tertiary/aromatic N) is 2. The number of carbonyl (C=O) groups is 1. The fraction of sp³-hybridized carbons (Fsp3) is 0.611. The van der Waals surface area contributed by atoms with Crippen molar-refractivity contribution in [3.05, 3.63) is 29.8 Å². The molecule has 1 fully saturated rings. The van der Waals surface area contributed by atoms with Gasteiger partial charge in [-0.15, -0.1) is 0 Å². The normalized spacial score (nSPS) is 19.7. The van der Waals surface area contributed by atoms with Crippen molar-refractivity contribution in [3.8, 4) is 5.75 Å². The molecule has 1 saturated heterocycles. The summed E-state index contributed by atoms with van der Waals surface area (Å²) in [6.07, 6.45) is 2.12. The molecule has 0 bridgehead atoms. The summed E-state index contributed by atoms with van der Waals surface area (Å²) >= 11 is 0. The number of likely N-dealkylation sites (N-methyl/N-ethyl adjacent to an activating group) is 1. The molecule has 23 heavy (non-hydrogen) atoms. The second kappa shape index (κ2) is 8.31. The number of nitrogens with two attached hydrogens (primary N) is 1. The predicted octanol–water partition coefficient (Wildman–Crippen LogP) is 1.83. The van der Waals surface area contributed by atoms with Gasteiger partial charge in [0.05, 0.1) is 5.56 Å². The topological polar surface area (TPSA) is 58.8 Å². The molecule has 2 rings (SSSR count). The molecule has 128 valence electrons. The van der Waals surface area contributed by atoms with E-state index in [1.807, 2.05) is 50.2 Å². The number of benzene rings is 1. The van der Waals surface area contributed by atoms with E-state index in [9.17, 15) is 4.79 Å². The van der Waals surface area contributed by atoms with Crippen LogP contribution in [0.25, 0.3) is 0 Å². The first-order valence-corrected chi connectivity index (χ1v) is 8.40. The van der Waals surface area contributed by atoms with Crippen molar-refractivity contribution in [2.24, 2.45) is 11.7 Å². The van der Waals surface area contributed by atoms with Crippen LogP contribution in [0.1, 0.15) is 30.1 Å². The van der Waals surface area contributed by atoms with Gasteiger partial charge >= 0.3 is 0 Å². The highest BCUT2D eigenvalue weighted by Gasteiger charge is 2.27. The van der Waals surface area contributed by atoms with Gasteiger partial charge in [0.25, 0.3) is 5.91 Å². The first-order chi connectivity index (χ1) is 11.0. The van der Waals surface area contributed by atoms with Crippen molar-refractivity contribution in [1.82, 2.24) is 9.80 Å². The lowest BCUT2D eigenvalue weighted by Gasteiger charge is -2.35. The molecule has 0 aromatic heterocycles. The SMILES string of the molecule is C[C@@H](N)[C@@H]1CCCN(C(=O)c2ccccc2OCCN(C)C)C1. The van der Waals surface area contributed by atoms with Crippen LogP contribution >= 0.6 is 0 Å². The fourth-order valence-corrected chi connectivity index (χ4v) is 2.90. The van der Waals surface area contributed by atoms with E-state index in [0.717, 1.165) is 32.5 Å². The number of hydrogen-bond acceptors (Lipinski definition) is 4. The first-order valence-electron chi connectivity index (χ1n) is 8.40. The van der Waals surface area contributed by atoms with Gasteiger partial charge in [0, 0.05) is 25.7 Å². The monoisotopic (exact) mass is 319 g/mol.